The molecule has 4 rings (SSSR count). The van der Waals surface area contributed by atoms with Gasteiger partial charge >= 0.3 is 0 Å². The highest BCUT2D eigenvalue weighted by atomic mass is 32.1. The molecule has 1 saturated heterocycles. The van der Waals surface area contributed by atoms with E-state index in [1.807, 2.05) is 12.1 Å². The third-order valence-corrected chi connectivity index (χ3v) is 5.02. The number of hydrogen-bond acceptors (Lipinski definition) is 8. The van der Waals surface area contributed by atoms with E-state index < -0.39 is 0 Å². The van der Waals surface area contributed by atoms with Crippen LogP contribution >= 0.6 is 11.3 Å². The molecular formula is C17H19N7S. The number of piperidine rings is 1. The largest absolute Gasteiger partial charge is 0.339 e. The maximum absolute atomic E-state index is 4.63. The number of rotatable bonds is 5. The average Bonchev–Trinajstić information content (AvgIpc) is 3.17. The number of aromatic nitrogens is 5. The summed E-state index contributed by atoms with van der Waals surface area (Å²) in [5, 5.41) is 6.54. The summed E-state index contributed by atoms with van der Waals surface area (Å²) in [6.07, 6.45) is 9.36. The molecule has 4 heterocycles. The maximum Gasteiger partial charge on any atom is 0.225 e. The number of thiazole rings is 1. The average molecular weight is 353 g/mol. The normalized spacial score (nSPS) is 17.6. The van der Waals surface area contributed by atoms with Crippen molar-refractivity contribution in [1.82, 2.24) is 30.2 Å². The van der Waals surface area contributed by atoms with E-state index in [1.54, 1.807) is 36.1 Å². The Balaban J connectivity index is 1.35. The minimum atomic E-state index is 0.413. The Bertz CT molecular complexity index is 793. The molecule has 0 aromatic carbocycles. The van der Waals surface area contributed by atoms with Gasteiger partial charge in [-0.25, -0.2) is 24.9 Å². The van der Waals surface area contributed by atoms with E-state index in [0.717, 1.165) is 49.1 Å². The minimum absolute atomic E-state index is 0.413. The molecule has 0 radical (unpaired) electrons. The van der Waals surface area contributed by atoms with E-state index in [0.29, 0.717) is 11.9 Å². The molecule has 128 valence electrons. The first-order valence-electron chi connectivity index (χ1n) is 8.35. The fraction of sp³-hybridized carbons (Fsp3) is 0.353. The molecule has 3 aromatic heterocycles. The summed E-state index contributed by atoms with van der Waals surface area (Å²) in [5.74, 6) is 1.50. The first kappa shape index (κ1) is 16.0. The predicted molar refractivity (Wildman–Crippen MR) is 97.2 cm³/mol. The molecule has 25 heavy (non-hydrogen) atoms. The molecule has 1 fully saturated rings. The van der Waals surface area contributed by atoms with Crippen LogP contribution in [0.1, 0.15) is 18.5 Å². The second kappa shape index (κ2) is 7.62. The zero-order valence-corrected chi connectivity index (χ0v) is 14.6. The summed E-state index contributed by atoms with van der Waals surface area (Å²) in [5.41, 5.74) is 1.03. The Morgan fingerprint density at radius 3 is 2.64 bits per heavy atom. The highest BCUT2D eigenvalue weighted by Gasteiger charge is 2.21. The zero-order valence-electron chi connectivity index (χ0n) is 13.7. The van der Waals surface area contributed by atoms with Crippen LogP contribution in [0.2, 0.25) is 0 Å². The van der Waals surface area contributed by atoms with E-state index >= 15 is 0 Å². The van der Waals surface area contributed by atoms with Gasteiger partial charge in [0.25, 0.3) is 0 Å². The summed E-state index contributed by atoms with van der Waals surface area (Å²) in [7, 11) is 0. The monoisotopic (exact) mass is 353 g/mol. The number of nitrogens with one attached hydrogen (secondary N) is 1. The molecule has 7 nitrogen and oxygen atoms in total. The van der Waals surface area contributed by atoms with Crippen LogP contribution in [0.5, 0.6) is 0 Å². The molecule has 0 saturated carbocycles. The highest BCUT2D eigenvalue weighted by Crippen LogP contribution is 2.20. The van der Waals surface area contributed by atoms with Crippen molar-refractivity contribution in [2.45, 2.75) is 25.4 Å². The Labute approximate surface area is 150 Å². The summed E-state index contributed by atoms with van der Waals surface area (Å²) < 4.78 is 0. The van der Waals surface area contributed by atoms with E-state index in [1.165, 1.54) is 0 Å². The highest BCUT2D eigenvalue weighted by molar-refractivity contribution is 7.13. The fourth-order valence-corrected chi connectivity index (χ4v) is 3.69. The van der Waals surface area contributed by atoms with Crippen LogP contribution in [0.25, 0.3) is 10.8 Å². The first-order chi connectivity index (χ1) is 12.4. The fourth-order valence-electron chi connectivity index (χ4n) is 2.93. The van der Waals surface area contributed by atoms with Gasteiger partial charge in [0.15, 0.2) is 10.8 Å². The SMILES string of the molecule is c1cnc(-c2nc(CNC3CCCN(c4ncccn4)C3)cs2)nc1. The van der Waals surface area contributed by atoms with Crippen LogP contribution in [0.4, 0.5) is 5.95 Å². The Hall–Kier alpha value is -2.45. The van der Waals surface area contributed by atoms with Crippen molar-refractivity contribution in [2.24, 2.45) is 0 Å². The molecule has 0 spiro atoms. The van der Waals surface area contributed by atoms with E-state index in [2.05, 4.69) is 40.5 Å². The number of hydrogen-bond donors (Lipinski definition) is 1. The number of anilines is 1. The Kier molecular flexibility index (Phi) is 4.89. The smallest absolute Gasteiger partial charge is 0.225 e. The van der Waals surface area contributed by atoms with Gasteiger partial charge in [-0.15, -0.1) is 11.3 Å². The second-order valence-electron chi connectivity index (χ2n) is 5.93. The summed E-state index contributed by atoms with van der Waals surface area (Å²) >= 11 is 1.58. The zero-order chi connectivity index (χ0) is 16.9. The van der Waals surface area contributed by atoms with Gasteiger partial charge in [-0.1, -0.05) is 0 Å². The maximum atomic E-state index is 4.63. The van der Waals surface area contributed by atoms with Crippen molar-refractivity contribution >= 4 is 17.3 Å². The summed E-state index contributed by atoms with van der Waals surface area (Å²) in [6, 6.07) is 4.07. The van der Waals surface area contributed by atoms with Gasteiger partial charge in [0.1, 0.15) is 0 Å². The van der Waals surface area contributed by atoms with Crippen molar-refractivity contribution in [3.63, 3.8) is 0 Å². The molecule has 1 atom stereocenters. The Morgan fingerprint density at radius 1 is 1.08 bits per heavy atom. The molecule has 0 bridgehead atoms. The van der Waals surface area contributed by atoms with E-state index in [-0.39, 0.29) is 0 Å². The lowest BCUT2D eigenvalue weighted by Crippen LogP contribution is -2.46. The van der Waals surface area contributed by atoms with E-state index in [9.17, 15) is 0 Å². The van der Waals surface area contributed by atoms with Crippen molar-refractivity contribution in [3.8, 4) is 10.8 Å². The van der Waals surface area contributed by atoms with Gasteiger partial charge in [-0.3, -0.25) is 0 Å². The second-order valence-corrected chi connectivity index (χ2v) is 6.79. The van der Waals surface area contributed by atoms with Crippen LogP contribution in [0.15, 0.2) is 42.3 Å². The molecule has 0 amide bonds. The molecule has 1 N–H and O–H groups in total. The summed E-state index contributed by atoms with van der Waals surface area (Å²) in [6.45, 7) is 2.68. The third kappa shape index (κ3) is 3.97. The molecular weight excluding hydrogens is 334 g/mol. The lowest BCUT2D eigenvalue weighted by atomic mass is 10.1. The van der Waals surface area contributed by atoms with Gasteiger partial charge in [0.2, 0.25) is 5.95 Å². The lowest BCUT2D eigenvalue weighted by molar-refractivity contribution is 0.416. The number of nitrogens with zero attached hydrogens (tertiary/aromatic N) is 6. The minimum Gasteiger partial charge on any atom is -0.339 e. The van der Waals surface area contributed by atoms with Crippen molar-refractivity contribution in [2.75, 3.05) is 18.0 Å². The summed E-state index contributed by atoms with van der Waals surface area (Å²) in [4.78, 5) is 24.1. The van der Waals surface area contributed by atoms with Gasteiger partial charge in [0, 0.05) is 55.8 Å². The van der Waals surface area contributed by atoms with Crippen LogP contribution in [-0.4, -0.2) is 44.1 Å². The molecule has 0 aliphatic carbocycles. The third-order valence-electron chi connectivity index (χ3n) is 4.14. The van der Waals surface area contributed by atoms with Crippen LogP contribution in [-0.2, 0) is 6.54 Å². The molecule has 3 aromatic rings. The molecule has 8 heteroatoms. The Morgan fingerprint density at radius 2 is 1.84 bits per heavy atom. The van der Waals surface area contributed by atoms with Gasteiger partial charge < -0.3 is 10.2 Å². The van der Waals surface area contributed by atoms with Crippen molar-refractivity contribution < 1.29 is 0 Å². The molecule has 1 aliphatic rings. The topological polar surface area (TPSA) is 79.7 Å². The molecule has 1 aliphatic heterocycles. The van der Waals surface area contributed by atoms with E-state index in [4.69, 9.17) is 0 Å². The van der Waals surface area contributed by atoms with Gasteiger partial charge in [-0.2, -0.15) is 0 Å². The van der Waals surface area contributed by atoms with Crippen LogP contribution in [0, 0.1) is 0 Å². The van der Waals surface area contributed by atoms with Crippen LogP contribution < -0.4 is 10.2 Å². The van der Waals surface area contributed by atoms with Crippen molar-refractivity contribution in [1.29, 1.82) is 0 Å². The van der Waals surface area contributed by atoms with Gasteiger partial charge in [0.05, 0.1) is 5.69 Å². The first-order valence-corrected chi connectivity index (χ1v) is 9.23. The standard InChI is InChI=1S/C17H19N7S/c1-4-13(11-24(9-1)17-20-7-3-8-21-17)22-10-14-12-25-16(23-14)15-18-5-2-6-19-15/h2-3,5-8,12-13,22H,1,4,9-11H2. The van der Waals surface area contributed by atoms with Gasteiger partial charge in [-0.05, 0) is 25.0 Å². The van der Waals surface area contributed by atoms with Crippen molar-refractivity contribution in [3.05, 3.63) is 48.0 Å². The molecule has 1 unspecified atom stereocenters. The quantitative estimate of drug-likeness (QED) is 0.753. The lowest BCUT2D eigenvalue weighted by Gasteiger charge is -2.33. The predicted octanol–water partition coefficient (Wildman–Crippen LogP) is 2.15. The van der Waals surface area contributed by atoms with Crippen LogP contribution in [0.3, 0.4) is 0 Å².